The summed E-state index contributed by atoms with van der Waals surface area (Å²) in [6.07, 6.45) is 4.46. The maximum Gasteiger partial charge on any atom is 0.234 e. The molecule has 0 saturated carbocycles. The number of hydrogen-bond donors (Lipinski definition) is 0. The quantitative estimate of drug-likeness (QED) is 0.196. The Hall–Kier alpha value is -4.42. The number of rotatable bonds is 9. The molecular weight excluding hydrogens is 502 g/mol. The predicted octanol–water partition coefficient (Wildman–Crippen LogP) is 7.37. The van der Waals surface area contributed by atoms with Crippen molar-refractivity contribution >= 4 is 22.2 Å². The number of carbonyl (C=O) groups is 1. The van der Waals surface area contributed by atoms with E-state index in [2.05, 4.69) is 47.2 Å². The lowest BCUT2D eigenvalue weighted by atomic mass is 9.90. The third-order valence-electron chi connectivity index (χ3n) is 7.02. The van der Waals surface area contributed by atoms with Crippen LogP contribution in [-0.4, -0.2) is 26.7 Å². The number of imidazole rings is 1. The summed E-state index contributed by atoms with van der Waals surface area (Å²) in [5, 5.41) is 2.14. The summed E-state index contributed by atoms with van der Waals surface area (Å²) in [5.41, 5.74) is 6.38. The van der Waals surface area contributed by atoms with E-state index in [0.29, 0.717) is 19.5 Å². The average molecular weight is 532 g/mol. The first-order valence-corrected chi connectivity index (χ1v) is 14.0. The first kappa shape index (κ1) is 24.9. The molecule has 39 heavy (non-hydrogen) atoms. The standard InChI is InChI=1S/C33H29N3O2S/c1-24-14-16-25(17-15-24)30-22-36-28(23-39-33(36)34-30)18-19-35(21-29-13-8-20-38-29)32(37)31(26-9-4-2-5-10-26)27-11-6-3-7-12-27/h2-17,20,22-23,31H,18-19,21H2,1H3. The van der Waals surface area contributed by atoms with Gasteiger partial charge in [-0.1, -0.05) is 90.5 Å². The van der Waals surface area contributed by atoms with Crippen molar-refractivity contribution in [1.82, 2.24) is 14.3 Å². The SMILES string of the molecule is Cc1ccc(-c2cn3c(CCN(Cc4ccco4)C(=O)C(c4ccccc4)c4ccccc4)csc3n2)cc1. The molecule has 0 radical (unpaired) electrons. The van der Waals surface area contributed by atoms with Crippen LogP contribution in [0.15, 0.2) is 119 Å². The second-order valence-corrected chi connectivity index (χ2v) is 10.6. The van der Waals surface area contributed by atoms with Crippen LogP contribution in [0.1, 0.15) is 34.1 Å². The molecule has 3 aromatic carbocycles. The van der Waals surface area contributed by atoms with Gasteiger partial charge in [0.2, 0.25) is 5.91 Å². The maximum absolute atomic E-state index is 14.3. The Morgan fingerprint density at radius 2 is 1.62 bits per heavy atom. The molecule has 0 aliphatic carbocycles. The Kier molecular flexibility index (Phi) is 7.11. The second kappa shape index (κ2) is 11.1. The number of amides is 1. The van der Waals surface area contributed by atoms with Gasteiger partial charge in [-0.2, -0.15) is 0 Å². The van der Waals surface area contributed by atoms with Crippen molar-refractivity contribution in [2.75, 3.05) is 6.54 Å². The fraction of sp³-hybridized carbons (Fsp3) is 0.152. The molecule has 6 heteroatoms. The van der Waals surface area contributed by atoms with E-state index in [4.69, 9.17) is 9.40 Å². The van der Waals surface area contributed by atoms with E-state index in [1.165, 1.54) is 5.56 Å². The number of carbonyl (C=O) groups excluding carboxylic acids is 1. The zero-order chi connectivity index (χ0) is 26.6. The molecule has 0 fully saturated rings. The monoisotopic (exact) mass is 531 g/mol. The Labute approximate surface area is 232 Å². The zero-order valence-corrected chi connectivity index (χ0v) is 22.6. The van der Waals surface area contributed by atoms with Crippen LogP contribution in [0.4, 0.5) is 0 Å². The largest absolute Gasteiger partial charge is 0.467 e. The molecule has 5 nitrogen and oxygen atoms in total. The van der Waals surface area contributed by atoms with Crippen molar-refractivity contribution < 1.29 is 9.21 Å². The van der Waals surface area contributed by atoms with Gasteiger partial charge in [-0.05, 0) is 30.2 Å². The molecule has 0 aliphatic rings. The lowest BCUT2D eigenvalue weighted by Crippen LogP contribution is -2.36. The summed E-state index contributed by atoms with van der Waals surface area (Å²) >= 11 is 1.63. The van der Waals surface area contributed by atoms with Gasteiger partial charge < -0.3 is 9.32 Å². The lowest BCUT2D eigenvalue weighted by molar-refractivity contribution is -0.132. The summed E-state index contributed by atoms with van der Waals surface area (Å²) in [6.45, 7) is 3.05. The van der Waals surface area contributed by atoms with Gasteiger partial charge in [0, 0.05) is 35.8 Å². The number of thiazole rings is 1. The van der Waals surface area contributed by atoms with E-state index in [0.717, 1.165) is 38.8 Å². The van der Waals surface area contributed by atoms with E-state index in [1.807, 2.05) is 77.7 Å². The highest BCUT2D eigenvalue weighted by atomic mass is 32.1. The molecule has 3 aromatic heterocycles. The number of benzene rings is 3. The number of hydrogen-bond acceptors (Lipinski definition) is 4. The molecule has 0 spiro atoms. The van der Waals surface area contributed by atoms with Gasteiger partial charge in [0.25, 0.3) is 0 Å². The minimum Gasteiger partial charge on any atom is -0.467 e. The van der Waals surface area contributed by atoms with E-state index in [-0.39, 0.29) is 5.91 Å². The van der Waals surface area contributed by atoms with Crippen molar-refractivity contribution in [3.05, 3.63) is 143 Å². The van der Waals surface area contributed by atoms with Crippen LogP contribution in [0.5, 0.6) is 0 Å². The summed E-state index contributed by atoms with van der Waals surface area (Å²) < 4.78 is 7.82. The average Bonchev–Trinajstić information content (AvgIpc) is 3.72. The number of furan rings is 1. The number of aromatic nitrogens is 2. The predicted molar refractivity (Wildman–Crippen MR) is 156 cm³/mol. The third kappa shape index (κ3) is 5.42. The Bertz CT molecular complexity index is 1610. The van der Waals surface area contributed by atoms with E-state index in [9.17, 15) is 4.79 Å². The highest BCUT2D eigenvalue weighted by Crippen LogP contribution is 2.29. The molecular formula is C33H29N3O2S. The fourth-order valence-electron chi connectivity index (χ4n) is 4.93. The van der Waals surface area contributed by atoms with Crippen LogP contribution in [0, 0.1) is 6.92 Å². The molecule has 6 aromatic rings. The number of fused-ring (bicyclic) bond motifs is 1. The van der Waals surface area contributed by atoms with Gasteiger partial charge in [-0.25, -0.2) is 4.98 Å². The van der Waals surface area contributed by atoms with Crippen molar-refractivity contribution in [2.24, 2.45) is 0 Å². The molecule has 0 saturated heterocycles. The molecule has 0 aliphatic heterocycles. The normalized spacial score (nSPS) is 11.3. The molecule has 1 amide bonds. The van der Waals surface area contributed by atoms with Crippen LogP contribution in [-0.2, 0) is 17.8 Å². The van der Waals surface area contributed by atoms with Crippen molar-refractivity contribution in [1.29, 1.82) is 0 Å². The smallest absolute Gasteiger partial charge is 0.234 e. The van der Waals surface area contributed by atoms with Crippen LogP contribution >= 0.6 is 11.3 Å². The molecule has 0 bridgehead atoms. The van der Waals surface area contributed by atoms with Gasteiger partial charge >= 0.3 is 0 Å². The van der Waals surface area contributed by atoms with Crippen molar-refractivity contribution in [3.8, 4) is 11.3 Å². The van der Waals surface area contributed by atoms with Gasteiger partial charge in [-0.15, -0.1) is 11.3 Å². The van der Waals surface area contributed by atoms with Crippen molar-refractivity contribution in [3.63, 3.8) is 0 Å². The van der Waals surface area contributed by atoms with Gasteiger partial charge in [-0.3, -0.25) is 9.20 Å². The highest BCUT2D eigenvalue weighted by molar-refractivity contribution is 7.15. The first-order valence-electron chi connectivity index (χ1n) is 13.1. The molecule has 3 heterocycles. The lowest BCUT2D eigenvalue weighted by Gasteiger charge is -2.27. The molecule has 0 atom stereocenters. The number of aryl methyl sites for hydroxylation is 1. The minimum absolute atomic E-state index is 0.0567. The van der Waals surface area contributed by atoms with E-state index in [1.54, 1.807) is 17.6 Å². The Morgan fingerprint density at radius 1 is 0.923 bits per heavy atom. The maximum atomic E-state index is 14.3. The Balaban J connectivity index is 1.29. The topological polar surface area (TPSA) is 50.8 Å². The van der Waals surface area contributed by atoms with Crippen LogP contribution in [0.25, 0.3) is 16.2 Å². The van der Waals surface area contributed by atoms with Crippen LogP contribution < -0.4 is 0 Å². The minimum atomic E-state index is -0.397. The summed E-state index contributed by atoms with van der Waals surface area (Å²) in [5.74, 6) is 0.426. The molecule has 6 rings (SSSR count). The molecule has 0 unspecified atom stereocenters. The van der Waals surface area contributed by atoms with Crippen LogP contribution in [0.3, 0.4) is 0 Å². The molecule has 0 N–H and O–H groups in total. The summed E-state index contributed by atoms with van der Waals surface area (Å²) in [7, 11) is 0. The number of nitrogens with zero attached hydrogens (tertiary/aromatic N) is 3. The van der Waals surface area contributed by atoms with E-state index < -0.39 is 5.92 Å². The van der Waals surface area contributed by atoms with Gasteiger partial charge in [0.05, 0.1) is 24.4 Å². The van der Waals surface area contributed by atoms with Gasteiger partial charge in [0.15, 0.2) is 4.96 Å². The first-order chi connectivity index (χ1) is 19.2. The third-order valence-corrected chi connectivity index (χ3v) is 7.91. The highest BCUT2D eigenvalue weighted by Gasteiger charge is 2.28. The van der Waals surface area contributed by atoms with Crippen molar-refractivity contribution in [2.45, 2.75) is 25.8 Å². The van der Waals surface area contributed by atoms with Crippen LogP contribution in [0.2, 0.25) is 0 Å². The summed E-state index contributed by atoms with van der Waals surface area (Å²) in [6, 6.07) is 32.3. The zero-order valence-electron chi connectivity index (χ0n) is 21.7. The van der Waals surface area contributed by atoms with E-state index >= 15 is 0 Å². The summed E-state index contributed by atoms with van der Waals surface area (Å²) in [4.78, 5) is 22.0. The fourth-order valence-corrected chi connectivity index (χ4v) is 5.84. The van der Waals surface area contributed by atoms with Gasteiger partial charge in [0.1, 0.15) is 5.76 Å². The second-order valence-electron chi connectivity index (χ2n) is 9.72. The molecule has 194 valence electrons. The Morgan fingerprint density at radius 3 is 2.26 bits per heavy atom.